The molecule has 0 aliphatic carbocycles. The van der Waals surface area contributed by atoms with Gasteiger partial charge >= 0.3 is 6.09 Å². The van der Waals surface area contributed by atoms with Crippen LogP contribution in [0.25, 0.3) is 0 Å². The molecule has 0 bridgehead atoms. The van der Waals surface area contributed by atoms with Crippen LogP contribution in [0.4, 0.5) is 4.79 Å². The van der Waals surface area contributed by atoms with Crippen molar-refractivity contribution >= 4 is 17.7 Å². The van der Waals surface area contributed by atoms with Gasteiger partial charge in [-0.3, -0.25) is 9.82 Å². The van der Waals surface area contributed by atoms with Gasteiger partial charge in [0.1, 0.15) is 5.60 Å². The number of nitrogens with zero attached hydrogens (tertiary/aromatic N) is 2. The second-order valence-electron chi connectivity index (χ2n) is 5.38. The van der Waals surface area contributed by atoms with Crippen molar-refractivity contribution in [3.63, 3.8) is 0 Å². The molecule has 104 valence electrons. The van der Waals surface area contributed by atoms with Crippen LogP contribution in [0.15, 0.2) is 18.5 Å². The number of pyridine rings is 1. The fourth-order valence-corrected chi connectivity index (χ4v) is 2.05. The molecule has 2 rings (SSSR count). The summed E-state index contributed by atoms with van der Waals surface area (Å²) in [6.07, 6.45) is 3.44. The van der Waals surface area contributed by atoms with Gasteiger partial charge in [-0.1, -0.05) is 11.6 Å². The first-order valence-electron chi connectivity index (χ1n) is 6.12. The molecule has 6 heteroatoms. The predicted octanol–water partition coefficient (Wildman–Crippen LogP) is 3.35. The van der Waals surface area contributed by atoms with E-state index in [-0.39, 0.29) is 6.04 Å². The van der Waals surface area contributed by atoms with Crippen molar-refractivity contribution in [1.29, 1.82) is 0 Å². The van der Waals surface area contributed by atoms with E-state index in [1.165, 1.54) is 5.06 Å². The van der Waals surface area contributed by atoms with Crippen LogP contribution < -0.4 is 0 Å². The van der Waals surface area contributed by atoms with Crippen LogP contribution in [0.2, 0.25) is 5.02 Å². The minimum atomic E-state index is -0.555. The molecule has 0 aromatic carbocycles. The number of rotatable bonds is 1. The van der Waals surface area contributed by atoms with Crippen molar-refractivity contribution in [2.45, 2.75) is 38.8 Å². The Labute approximate surface area is 117 Å². The van der Waals surface area contributed by atoms with Gasteiger partial charge < -0.3 is 4.74 Å². The lowest BCUT2D eigenvalue weighted by atomic mass is 10.1. The van der Waals surface area contributed by atoms with Crippen LogP contribution >= 0.6 is 11.6 Å². The number of halogens is 1. The van der Waals surface area contributed by atoms with E-state index in [9.17, 15) is 4.79 Å². The molecule has 0 N–H and O–H groups in total. The van der Waals surface area contributed by atoms with Gasteiger partial charge in [0.15, 0.2) is 0 Å². The van der Waals surface area contributed by atoms with E-state index < -0.39 is 11.7 Å². The van der Waals surface area contributed by atoms with Crippen LogP contribution in [-0.2, 0) is 9.57 Å². The maximum absolute atomic E-state index is 12.1. The topological polar surface area (TPSA) is 51.7 Å². The number of hydrogen-bond acceptors (Lipinski definition) is 4. The molecule has 1 aromatic rings. The summed E-state index contributed by atoms with van der Waals surface area (Å²) in [7, 11) is 0. The Kier molecular flexibility index (Phi) is 3.96. The van der Waals surface area contributed by atoms with E-state index >= 15 is 0 Å². The molecule has 0 saturated carbocycles. The van der Waals surface area contributed by atoms with Gasteiger partial charge in [-0.15, -0.1) is 0 Å². The van der Waals surface area contributed by atoms with Crippen LogP contribution in [0, 0.1) is 0 Å². The summed E-state index contributed by atoms with van der Waals surface area (Å²) in [4.78, 5) is 21.4. The maximum Gasteiger partial charge on any atom is 0.435 e. The van der Waals surface area contributed by atoms with Crippen molar-refractivity contribution < 1.29 is 14.4 Å². The van der Waals surface area contributed by atoms with Gasteiger partial charge in [0.05, 0.1) is 17.7 Å². The quantitative estimate of drug-likeness (QED) is 0.793. The highest BCUT2D eigenvalue weighted by Crippen LogP contribution is 2.32. The smallest absolute Gasteiger partial charge is 0.435 e. The second-order valence-corrected chi connectivity index (χ2v) is 5.82. The zero-order valence-electron chi connectivity index (χ0n) is 11.2. The Bertz CT molecular complexity index is 473. The Morgan fingerprint density at radius 2 is 2.26 bits per heavy atom. The van der Waals surface area contributed by atoms with E-state index in [1.807, 2.05) is 20.8 Å². The SMILES string of the molecule is CC(C)(C)OC(=O)N1OCC[C@H]1c1cncc(Cl)c1. The molecule has 19 heavy (non-hydrogen) atoms. The molecule has 5 nitrogen and oxygen atoms in total. The largest absolute Gasteiger partial charge is 0.442 e. The monoisotopic (exact) mass is 284 g/mol. The zero-order chi connectivity index (χ0) is 14.0. The summed E-state index contributed by atoms with van der Waals surface area (Å²) >= 11 is 5.92. The van der Waals surface area contributed by atoms with Gasteiger partial charge in [-0.05, 0) is 32.4 Å². The van der Waals surface area contributed by atoms with Crippen LogP contribution in [0.1, 0.15) is 38.8 Å². The minimum absolute atomic E-state index is 0.207. The van der Waals surface area contributed by atoms with E-state index in [0.717, 1.165) is 5.56 Å². The van der Waals surface area contributed by atoms with Crippen molar-refractivity contribution in [2.75, 3.05) is 6.61 Å². The summed E-state index contributed by atoms with van der Waals surface area (Å²) in [5.41, 5.74) is 0.288. The predicted molar refractivity (Wildman–Crippen MR) is 70.6 cm³/mol. The molecule has 1 aliphatic heterocycles. The Morgan fingerprint density at radius 1 is 1.53 bits per heavy atom. The lowest BCUT2D eigenvalue weighted by Crippen LogP contribution is -2.35. The molecule has 1 amide bonds. The summed E-state index contributed by atoms with van der Waals surface area (Å²) in [6.45, 7) is 5.92. The fraction of sp³-hybridized carbons (Fsp3) is 0.538. The number of aromatic nitrogens is 1. The van der Waals surface area contributed by atoms with Gasteiger partial charge in [-0.25, -0.2) is 4.79 Å². The molecule has 1 saturated heterocycles. The number of ether oxygens (including phenoxy) is 1. The number of amides is 1. The van der Waals surface area contributed by atoms with E-state index in [4.69, 9.17) is 21.2 Å². The van der Waals surface area contributed by atoms with Crippen molar-refractivity contribution in [3.05, 3.63) is 29.0 Å². The first kappa shape index (κ1) is 14.1. The molecule has 1 aromatic heterocycles. The molecule has 2 heterocycles. The highest BCUT2D eigenvalue weighted by atomic mass is 35.5. The molecule has 1 fully saturated rings. The standard InChI is InChI=1S/C13H17ClN2O3/c1-13(2,3)19-12(17)16-11(4-5-18-16)9-6-10(14)8-15-7-9/h6-8,11H,4-5H2,1-3H3/t11-/m0/s1. The molecule has 0 unspecified atom stereocenters. The first-order valence-corrected chi connectivity index (χ1v) is 6.50. The number of carbonyl (C=O) groups excluding carboxylic acids is 1. The maximum atomic E-state index is 12.1. The highest BCUT2D eigenvalue weighted by molar-refractivity contribution is 6.30. The fourth-order valence-electron chi connectivity index (χ4n) is 1.87. The van der Waals surface area contributed by atoms with Gasteiger partial charge in [0.25, 0.3) is 0 Å². The Morgan fingerprint density at radius 3 is 2.89 bits per heavy atom. The average molecular weight is 285 g/mol. The summed E-state index contributed by atoms with van der Waals surface area (Å²) in [5, 5.41) is 1.80. The Balaban J connectivity index is 2.15. The molecule has 1 atom stereocenters. The average Bonchev–Trinajstić information content (AvgIpc) is 2.75. The Hall–Kier alpha value is -1.33. The lowest BCUT2D eigenvalue weighted by Gasteiger charge is -2.27. The lowest BCUT2D eigenvalue weighted by molar-refractivity contribution is -0.125. The van der Waals surface area contributed by atoms with E-state index in [1.54, 1.807) is 18.5 Å². The summed E-state index contributed by atoms with van der Waals surface area (Å²) in [5.74, 6) is 0. The third kappa shape index (κ3) is 3.58. The van der Waals surface area contributed by atoms with Crippen molar-refractivity contribution in [3.8, 4) is 0 Å². The highest BCUT2D eigenvalue weighted by Gasteiger charge is 2.35. The van der Waals surface area contributed by atoms with Crippen LogP contribution in [-0.4, -0.2) is 28.3 Å². The molecule has 0 radical (unpaired) electrons. The number of carbonyl (C=O) groups is 1. The minimum Gasteiger partial charge on any atom is -0.442 e. The van der Waals surface area contributed by atoms with Gasteiger partial charge in [0, 0.05) is 18.8 Å². The molecule has 0 spiro atoms. The van der Waals surface area contributed by atoms with Gasteiger partial charge in [-0.2, -0.15) is 5.06 Å². The number of hydroxylamine groups is 2. The number of hydrogen-bond donors (Lipinski definition) is 0. The second kappa shape index (κ2) is 5.35. The van der Waals surface area contributed by atoms with Crippen molar-refractivity contribution in [1.82, 2.24) is 10.0 Å². The molecular formula is C13H17ClN2O3. The van der Waals surface area contributed by atoms with Crippen LogP contribution in [0.3, 0.4) is 0 Å². The molecule has 1 aliphatic rings. The van der Waals surface area contributed by atoms with E-state index in [2.05, 4.69) is 4.98 Å². The third-order valence-corrected chi connectivity index (χ3v) is 2.80. The summed E-state index contributed by atoms with van der Waals surface area (Å²) < 4.78 is 5.31. The van der Waals surface area contributed by atoms with Crippen molar-refractivity contribution in [2.24, 2.45) is 0 Å². The normalized spacial score (nSPS) is 19.6. The summed E-state index contributed by atoms with van der Waals surface area (Å²) in [6, 6.07) is 1.58. The van der Waals surface area contributed by atoms with E-state index in [0.29, 0.717) is 18.1 Å². The third-order valence-electron chi connectivity index (χ3n) is 2.59. The van der Waals surface area contributed by atoms with Crippen LogP contribution in [0.5, 0.6) is 0 Å². The molecular weight excluding hydrogens is 268 g/mol. The van der Waals surface area contributed by atoms with Gasteiger partial charge in [0.2, 0.25) is 0 Å². The zero-order valence-corrected chi connectivity index (χ0v) is 12.0. The first-order chi connectivity index (χ1) is 8.87.